The van der Waals surface area contributed by atoms with Crippen molar-refractivity contribution in [3.8, 4) is 6.07 Å². The van der Waals surface area contributed by atoms with Crippen LogP contribution in [0.2, 0.25) is 0 Å². The molecule has 0 radical (unpaired) electrons. The Balaban J connectivity index is 2.68. The summed E-state index contributed by atoms with van der Waals surface area (Å²) in [5.74, 6) is -0.704. The number of aliphatic hydroxyl groups is 1. The van der Waals surface area contributed by atoms with Crippen LogP contribution in [0.3, 0.4) is 0 Å². The molecule has 160 valence electrons. The Hall–Kier alpha value is -2.96. The molecular weight excluding hydrogens is 407 g/mol. The number of halogens is 1. The van der Waals surface area contributed by atoms with Gasteiger partial charge >= 0.3 is 0 Å². The van der Waals surface area contributed by atoms with Gasteiger partial charge in [-0.05, 0) is 42.7 Å². The van der Waals surface area contributed by atoms with Crippen LogP contribution in [0.5, 0.6) is 0 Å². The molecule has 0 heterocycles. The zero-order valence-electron chi connectivity index (χ0n) is 17.0. The Morgan fingerprint density at radius 2 is 1.87 bits per heavy atom. The first-order chi connectivity index (χ1) is 14.1. The highest BCUT2D eigenvalue weighted by molar-refractivity contribution is 7.92. The highest BCUT2D eigenvalue weighted by Crippen LogP contribution is 2.37. The minimum Gasteiger partial charge on any atom is -0.390 e. The van der Waals surface area contributed by atoms with Gasteiger partial charge in [0.1, 0.15) is 5.82 Å². The summed E-state index contributed by atoms with van der Waals surface area (Å²) in [7, 11) is -3.70. The molecule has 0 aliphatic heterocycles. The second-order valence-corrected chi connectivity index (χ2v) is 8.74. The van der Waals surface area contributed by atoms with Crippen molar-refractivity contribution in [3.05, 3.63) is 58.9 Å². The second-order valence-electron chi connectivity index (χ2n) is 7.00. The lowest BCUT2D eigenvalue weighted by Crippen LogP contribution is -2.46. The minimum absolute atomic E-state index is 0.0779. The Kier molecular flexibility index (Phi) is 7.18. The van der Waals surface area contributed by atoms with E-state index in [0.29, 0.717) is 24.0 Å². The monoisotopic (exact) mass is 432 g/mol. The van der Waals surface area contributed by atoms with E-state index in [-0.39, 0.29) is 16.9 Å². The van der Waals surface area contributed by atoms with Gasteiger partial charge in [-0.2, -0.15) is 5.26 Å². The number of aliphatic hydroxyl groups excluding tert-OH is 1. The van der Waals surface area contributed by atoms with Gasteiger partial charge in [-0.1, -0.05) is 26.0 Å². The number of sulfonamides is 1. The van der Waals surface area contributed by atoms with Crippen molar-refractivity contribution in [3.63, 3.8) is 0 Å². The summed E-state index contributed by atoms with van der Waals surface area (Å²) in [5, 5.41) is 30.9. The standard InChI is InChI=1S/C21H25FN4O3S/c1-4-20(27)21(5-2,15-8-6-14(12-23)7-9-15)25-18-10-16(22)11-19(17(18)13-24)26-30(3,28)29/h6-11,13,20,24-27H,4-5H2,1-3H3. The first kappa shape index (κ1) is 23.3. The van der Waals surface area contributed by atoms with Crippen molar-refractivity contribution in [2.45, 2.75) is 38.3 Å². The summed E-state index contributed by atoms with van der Waals surface area (Å²) in [6.07, 6.45) is 1.75. The molecule has 0 amide bonds. The average molecular weight is 433 g/mol. The van der Waals surface area contributed by atoms with Gasteiger partial charge < -0.3 is 15.8 Å². The summed E-state index contributed by atoms with van der Waals surface area (Å²) < 4.78 is 39.9. The molecule has 0 saturated carbocycles. The van der Waals surface area contributed by atoms with Gasteiger partial charge in [0.15, 0.2) is 0 Å². The lowest BCUT2D eigenvalue weighted by Gasteiger charge is -2.40. The van der Waals surface area contributed by atoms with Crippen molar-refractivity contribution in [1.82, 2.24) is 0 Å². The fourth-order valence-electron chi connectivity index (χ4n) is 3.47. The normalized spacial score (nSPS) is 14.3. The maximum atomic E-state index is 14.3. The molecule has 0 aliphatic rings. The van der Waals surface area contributed by atoms with Crippen LogP contribution in [0, 0.1) is 22.6 Å². The number of hydrogen-bond acceptors (Lipinski definition) is 6. The predicted molar refractivity (Wildman–Crippen MR) is 116 cm³/mol. The van der Waals surface area contributed by atoms with E-state index in [4.69, 9.17) is 10.7 Å². The Morgan fingerprint density at radius 1 is 1.27 bits per heavy atom. The Labute approximate surface area is 176 Å². The Morgan fingerprint density at radius 3 is 2.33 bits per heavy atom. The molecular formula is C21H25FN4O3S. The molecule has 0 saturated heterocycles. The molecule has 2 unspecified atom stereocenters. The minimum atomic E-state index is -3.70. The summed E-state index contributed by atoms with van der Waals surface area (Å²) in [6, 6.07) is 10.9. The fraction of sp³-hybridized carbons (Fsp3) is 0.333. The number of nitrogens with one attached hydrogen (secondary N) is 3. The number of nitrogens with zero attached hydrogens (tertiary/aromatic N) is 1. The molecule has 30 heavy (non-hydrogen) atoms. The zero-order chi connectivity index (χ0) is 22.5. The molecule has 0 fully saturated rings. The van der Waals surface area contributed by atoms with Crippen molar-refractivity contribution in [2.75, 3.05) is 16.3 Å². The van der Waals surface area contributed by atoms with Crippen LogP contribution >= 0.6 is 0 Å². The average Bonchev–Trinajstić information content (AvgIpc) is 2.70. The van der Waals surface area contributed by atoms with Crippen LogP contribution in [0.4, 0.5) is 15.8 Å². The summed E-state index contributed by atoms with van der Waals surface area (Å²) >= 11 is 0. The third-order valence-electron chi connectivity index (χ3n) is 4.98. The molecule has 0 aromatic heterocycles. The largest absolute Gasteiger partial charge is 0.390 e. The zero-order valence-corrected chi connectivity index (χ0v) is 17.8. The van der Waals surface area contributed by atoms with E-state index in [1.807, 2.05) is 13.0 Å². The molecule has 4 N–H and O–H groups in total. The lowest BCUT2D eigenvalue weighted by molar-refractivity contribution is 0.0885. The third-order valence-corrected chi connectivity index (χ3v) is 5.58. The smallest absolute Gasteiger partial charge is 0.229 e. The van der Waals surface area contributed by atoms with Crippen molar-refractivity contribution in [1.29, 1.82) is 10.7 Å². The molecule has 2 atom stereocenters. The molecule has 0 aliphatic carbocycles. The lowest BCUT2D eigenvalue weighted by atomic mass is 9.80. The van der Waals surface area contributed by atoms with E-state index in [9.17, 15) is 17.9 Å². The third kappa shape index (κ3) is 4.96. The quantitative estimate of drug-likeness (QED) is 0.451. The van der Waals surface area contributed by atoms with Gasteiger partial charge in [0.05, 0.1) is 35.2 Å². The number of rotatable bonds is 9. The van der Waals surface area contributed by atoms with Gasteiger partial charge in [0, 0.05) is 17.5 Å². The first-order valence-corrected chi connectivity index (χ1v) is 11.3. The molecule has 7 nitrogen and oxygen atoms in total. The molecule has 0 bridgehead atoms. The van der Waals surface area contributed by atoms with Crippen molar-refractivity contribution in [2.24, 2.45) is 0 Å². The molecule has 2 aromatic carbocycles. The van der Waals surface area contributed by atoms with Gasteiger partial charge in [0.2, 0.25) is 10.0 Å². The van der Waals surface area contributed by atoms with Gasteiger partial charge in [0.25, 0.3) is 0 Å². The highest BCUT2D eigenvalue weighted by atomic mass is 32.2. The van der Waals surface area contributed by atoms with Crippen LogP contribution in [0.25, 0.3) is 0 Å². The van der Waals surface area contributed by atoms with E-state index in [0.717, 1.165) is 24.6 Å². The van der Waals surface area contributed by atoms with E-state index >= 15 is 0 Å². The van der Waals surface area contributed by atoms with Crippen LogP contribution < -0.4 is 10.0 Å². The topological polar surface area (TPSA) is 126 Å². The fourth-order valence-corrected chi connectivity index (χ4v) is 4.04. The SMILES string of the molecule is CCC(O)C(CC)(Nc1cc(F)cc(NS(C)(=O)=O)c1C=N)c1ccc(C#N)cc1. The van der Waals surface area contributed by atoms with Crippen LogP contribution in [0.1, 0.15) is 43.4 Å². The van der Waals surface area contributed by atoms with Crippen LogP contribution in [-0.2, 0) is 15.6 Å². The highest BCUT2D eigenvalue weighted by Gasteiger charge is 2.38. The van der Waals surface area contributed by atoms with E-state index in [1.54, 1.807) is 31.2 Å². The van der Waals surface area contributed by atoms with Gasteiger partial charge in [-0.25, -0.2) is 12.8 Å². The number of anilines is 2. The Bertz CT molecular complexity index is 1060. The molecule has 2 rings (SSSR count). The van der Waals surface area contributed by atoms with E-state index < -0.39 is 27.5 Å². The maximum absolute atomic E-state index is 14.3. The van der Waals surface area contributed by atoms with Crippen LogP contribution in [0.15, 0.2) is 36.4 Å². The number of hydrogen-bond donors (Lipinski definition) is 4. The predicted octanol–water partition coefficient (Wildman–Crippen LogP) is 3.55. The maximum Gasteiger partial charge on any atom is 0.229 e. The molecule has 2 aromatic rings. The second kappa shape index (κ2) is 9.24. The van der Waals surface area contributed by atoms with E-state index in [2.05, 4.69) is 10.0 Å². The van der Waals surface area contributed by atoms with Gasteiger partial charge in [-0.3, -0.25) is 4.72 Å². The summed E-state index contributed by atoms with van der Waals surface area (Å²) in [6.45, 7) is 3.66. The summed E-state index contributed by atoms with van der Waals surface area (Å²) in [5.41, 5.74) is 0.296. The van der Waals surface area contributed by atoms with Crippen molar-refractivity contribution < 1.29 is 17.9 Å². The van der Waals surface area contributed by atoms with Gasteiger partial charge in [-0.15, -0.1) is 0 Å². The molecule has 9 heteroatoms. The van der Waals surface area contributed by atoms with Crippen LogP contribution in [-0.4, -0.2) is 32.1 Å². The number of benzene rings is 2. The van der Waals surface area contributed by atoms with E-state index in [1.165, 1.54) is 0 Å². The first-order valence-electron chi connectivity index (χ1n) is 9.38. The summed E-state index contributed by atoms with van der Waals surface area (Å²) in [4.78, 5) is 0. The number of nitriles is 1. The van der Waals surface area contributed by atoms with Crippen molar-refractivity contribution >= 4 is 27.6 Å². The molecule has 0 spiro atoms.